The van der Waals surface area contributed by atoms with E-state index in [4.69, 9.17) is 17.1 Å². The molecule has 0 unspecified atom stereocenters. The van der Waals surface area contributed by atoms with Crippen molar-refractivity contribution in [3.63, 3.8) is 0 Å². The highest BCUT2D eigenvalue weighted by molar-refractivity contribution is 7.81. The Labute approximate surface area is 105 Å². The standard InChI is InChI=1S/C11H22NO2SSi/c1-7(8-9(13)12-10(8)15)14-16(5,6)11(2,3)4/h7-8,10H,1-6H3,(H,12,13)/t7-,8+,10-/m1/s1. The molecule has 0 aromatic carbocycles. The molecular weight excluding hydrogens is 238 g/mol. The molecule has 0 saturated carbocycles. The molecule has 3 nitrogen and oxygen atoms in total. The van der Waals surface area contributed by atoms with E-state index in [2.05, 4.69) is 39.2 Å². The highest BCUT2D eigenvalue weighted by Gasteiger charge is 2.46. The first kappa shape index (κ1) is 14.1. The van der Waals surface area contributed by atoms with Crippen LogP contribution in [0.25, 0.3) is 0 Å². The van der Waals surface area contributed by atoms with Crippen molar-refractivity contribution in [3.05, 3.63) is 0 Å². The molecule has 16 heavy (non-hydrogen) atoms. The zero-order chi connectivity index (χ0) is 12.7. The lowest BCUT2D eigenvalue weighted by Gasteiger charge is -2.43. The minimum Gasteiger partial charge on any atom is -0.413 e. The number of amides is 1. The zero-order valence-corrected chi connectivity index (χ0v) is 12.8. The summed E-state index contributed by atoms with van der Waals surface area (Å²) in [6.07, 6.45) is -0.0721. The Bertz CT molecular complexity index is 288. The van der Waals surface area contributed by atoms with Crippen LogP contribution in [0.1, 0.15) is 27.7 Å². The summed E-state index contributed by atoms with van der Waals surface area (Å²) in [5.74, 6) is -0.115. The second kappa shape index (κ2) is 4.35. The summed E-state index contributed by atoms with van der Waals surface area (Å²) in [7, 11) is -1.80. The Balaban J connectivity index is 2.64. The van der Waals surface area contributed by atoms with Crippen LogP contribution in [0, 0.1) is 5.92 Å². The van der Waals surface area contributed by atoms with Crippen LogP contribution in [0.5, 0.6) is 0 Å². The average molecular weight is 260 g/mol. The maximum Gasteiger partial charge on any atom is 0.229 e. The van der Waals surface area contributed by atoms with Crippen LogP contribution in [0.2, 0.25) is 18.1 Å². The quantitative estimate of drug-likeness (QED) is 0.626. The fourth-order valence-electron chi connectivity index (χ4n) is 1.54. The molecule has 1 radical (unpaired) electrons. The molecule has 3 atom stereocenters. The maximum absolute atomic E-state index is 11.4. The summed E-state index contributed by atoms with van der Waals surface area (Å²) >= 11 is 5.13. The summed E-state index contributed by atoms with van der Waals surface area (Å²) in [6, 6.07) is 0. The minimum absolute atomic E-state index is 0.0335. The van der Waals surface area contributed by atoms with E-state index in [-0.39, 0.29) is 28.3 Å². The predicted molar refractivity (Wildman–Crippen MR) is 70.8 cm³/mol. The molecule has 0 aromatic rings. The SMILES string of the molecule is C[C@@H](O[Si](C)(C)C(C)(C)C)[C@H]1C(=O)N[C@@H]1[S]. The van der Waals surface area contributed by atoms with E-state index >= 15 is 0 Å². The highest BCUT2D eigenvalue weighted by Crippen LogP contribution is 2.39. The van der Waals surface area contributed by atoms with Crippen LogP contribution in [0.4, 0.5) is 0 Å². The van der Waals surface area contributed by atoms with Gasteiger partial charge in [0.2, 0.25) is 5.91 Å². The molecule has 1 aliphatic heterocycles. The fourth-order valence-corrected chi connectivity index (χ4v) is 3.43. The van der Waals surface area contributed by atoms with Crippen molar-refractivity contribution in [2.75, 3.05) is 0 Å². The van der Waals surface area contributed by atoms with Gasteiger partial charge in [-0.1, -0.05) is 33.4 Å². The lowest BCUT2D eigenvalue weighted by atomic mass is 9.96. The summed E-state index contributed by atoms with van der Waals surface area (Å²) in [5, 5.41) is 2.68. The smallest absolute Gasteiger partial charge is 0.229 e. The second-order valence-corrected chi connectivity index (χ2v) is 11.3. The van der Waals surface area contributed by atoms with Gasteiger partial charge in [0.1, 0.15) is 0 Å². The average Bonchev–Trinajstić information content (AvgIpc) is 1.99. The van der Waals surface area contributed by atoms with Crippen molar-refractivity contribution in [3.8, 4) is 0 Å². The Kier molecular flexibility index (Phi) is 3.82. The van der Waals surface area contributed by atoms with Gasteiger partial charge in [-0.2, -0.15) is 0 Å². The number of β-lactam (4-membered cyclic amide) rings is 1. The number of hydrogen-bond acceptors (Lipinski definition) is 2. The molecule has 0 aliphatic carbocycles. The Morgan fingerprint density at radius 1 is 1.44 bits per heavy atom. The van der Waals surface area contributed by atoms with Crippen LogP contribution in [-0.2, 0) is 9.22 Å². The zero-order valence-electron chi connectivity index (χ0n) is 11.0. The topological polar surface area (TPSA) is 38.3 Å². The molecular formula is C11H22NO2SSi. The molecule has 5 heteroatoms. The van der Waals surface area contributed by atoms with Crippen molar-refractivity contribution < 1.29 is 9.22 Å². The van der Waals surface area contributed by atoms with E-state index in [9.17, 15) is 4.79 Å². The number of carbonyl (C=O) groups excluding carboxylic acids is 1. The third kappa shape index (κ3) is 2.63. The van der Waals surface area contributed by atoms with Gasteiger partial charge in [-0.15, -0.1) is 0 Å². The molecule has 1 saturated heterocycles. The molecule has 1 N–H and O–H groups in total. The lowest BCUT2D eigenvalue weighted by Crippen LogP contribution is -2.61. The molecule has 93 valence electrons. The van der Waals surface area contributed by atoms with Gasteiger partial charge < -0.3 is 9.74 Å². The van der Waals surface area contributed by atoms with Gasteiger partial charge in [-0.25, -0.2) is 0 Å². The normalized spacial score (nSPS) is 28.3. The third-order valence-corrected chi connectivity index (χ3v) is 8.69. The molecule has 1 heterocycles. The molecule has 0 spiro atoms. The van der Waals surface area contributed by atoms with Crippen molar-refractivity contribution in [2.24, 2.45) is 5.92 Å². The third-order valence-electron chi connectivity index (χ3n) is 3.71. The monoisotopic (exact) mass is 260 g/mol. The van der Waals surface area contributed by atoms with Gasteiger partial charge in [-0.05, 0) is 25.1 Å². The van der Waals surface area contributed by atoms with Crippen molar-refractivity contribution in [2.45, 2.75) is 57.3 Å². The van der Waals surface area contributed by atoms with Crippen molar-refractivity contribution in [1.82, 2.24) is 5.32 Å². The number of nitrogens with one attached hydrogen (secondary N) is 1. The van der Waals surface area contributed by atoms with E-state index in [1.807, 2.05) is 6.92 Å². The van der Waals surface area contributed by atoms with Crippen LogP contribution in [-0.4, -0.2) is 25.7 Å². The Morgan fingerprint density at radius 2 is 1.94 bits per heavy atom. The first-order chi connectivity index (χ1) is 7.06. The second-order valence-electron chi connectivity index (χ2n) is 6.04. The minimum atomic E-state index is -1.80. The Hall–Kier alpha value is -0.00312. The Morgan fingerprint density at radius 3 is 2.25 bits per heavy atom. The lowest BCUT2D eigenvalue weighted by molar-refractivity contribution is -0.136. The van der Waals surface area contributed by atoms with E-state index < -0.39 is 8.32 Å². The van der Waals surface area contributed by atoms with Gasteiger partial charge in [-0.3, -0.25) is 4.79 Å². The van der Waals surface area contributed by atoms with E-state index in [1.54, 1.807) is 0 Å². The molecule has 1 fully saturated rings. The van der Waals surface area contributed by atoms with E-state index in [0.29, 0.717) is 0 Å². The maximum atomic E-state index is 11.4. The first-order valence-corrected chi connectivity index (χ1v) is 9.08. The first-order valence-electron chi connectivity index (χ1n) is 5.70. The summed E-state index contributed by atoms with van der Waals surface area (Å²) in [6.45, 7) is 12.9. The predicted octanol–water partition coefficient (Wildman–Crippen LogP) is 2.67. The van der Waals surface area contributed by atoms with E-state index in [0.717, 1.165) is 0 Å². The summed E-state index contributed by atoms with van der Waals surface area (Å²) < 4.78 is 6.16. The van der Waals surface area contributed by atoms with Crippen LogP contribution in [0.3, 0.4) is 0 Å². The van der Waals surface area contributed by atoms with Crippen LogP contribution >= 0.6 is 12.6 Å². The fraction of sp³-hybridized carbons (Fsp3) is 0.909. The molecule has 0 bridgehead atoms. The van der Waals surface area contributed by atoms with Crippen LogP contribution in [0.15, 0.2) is 0 Å². The van der Waals surface area contributed by atoms with E-state index in [1.165, 1.54) is 0 Å². The van der Waals surface area contributed by atoms with Gasteiger partial charge in [0.05, 0.1) is 17.4 Å². The number of hydrogen-bond donors (Lipinski definition) is 1. The number of carbonyl (C=O) groups is 1. The van der Waals surface area contributed by atoms with Gasteiger partial charge in [0, 0.05) is 0 Å². The highest BCUT2D eigenvalue weighted by atomic mass is 32.1. The van der Waals surface area contributed by atoms with Crippen molar-refractivity contribution in [1.29, 1.82) is 0 Å². The van der Waals surface area contributed by atoms with Crippen molar-refractivity contribution >= 4 is 26.9 Å². The van der Waals surface area contributed by atoms with Gasteiger partial charge in [0.25, 0.3) is 0 Å². The molecule has 0 aromatic heterocycles. The van der Waals surface area contributed by atoms with Gasteiger partial charge >= 0.3 is 0 Å². The summed E-state index contributed by atoms with van der Waals surface area (Å²) in [5.41, 5.74) is 0. The largest absolute Gasteiger partial charge is 0.413 e. The summed E-state index contributed by atoms with van der Waals surface area (Å²) in [4.78, 5) is 11.4. The number of rotatable bonds is 3. The molecule has 1 rings (SSSR count). The molecule has 1 aliphatic rings. The van der Waals surface area contributed by atoms with Crippen LogP contribution < -0.4 is 5.32 Å². The molecule has 1 amide bonds. The van der Waals surface area contributed by atoms with Gasteiger partial charge in [0.15, 0.2) is 8.32 Å².